The number of carbonyl (C=O) groups excluding carboxylic acids is 1. The van der Waals surface area contributed by atoms with E-state index in [4.69, 9.17) is 0 Å². The number of pyridine rings is 1. The lowest BCUT2D eigenvalue weighted by atomic mass is 10.1. The molecule has 0 aliphatic heterocycles. The number of aromatic nitrogens is 2. The van der Waals surface area contributed by atoms with Gasteiger partial charge in [0.15, 0.2) is 4.34 Å². The smallest absolute Gasteiger partial charge is 0.257 e. The quantitative estimate of drug-likeness (QED) is 0.689. The lowest BCUT2D eigenvalue weighted by Gasteiger charge is -2.11. The maximum Gasteiger partial charge on any atom is 0.257 e. The van der Waals surface area contributed by atoms with E-state index in [-0.39, 0.29) is 5.91 Å². The zero-order valence-corrected chi connectivity index (χ0v) is 16.2. The van der Waals surface area contributed by atoms with Gasteiger partial charge < -0.3 is 5.32 Å². The van der Waals surface area contributed by atoms with Gasteiger partial charge in [0, 0.05) is 27.4 Å². The number of hydrogen-bond donors (Lipinski definition) is 1. The number of nitrogens with one attached hydrogen (secondary N) is 1. The molecular formula is C19H19N3OS2. The van der Waals surface area contributed by atoms with Gasteiger partial charge in [0.1, 0.15) is 0 Å². The summed E-state index contributed by atoms with van der Waals surface area (Å²) in [6, 6.07) is 9.68. The topological polar surface area (TPSA) is 54.9 Å². The minimum absolute atomic E-state index is 0.135. The largest absolute Gasteiger partial charge is 0.322 e. The Morgan fingerprint density at radius 1 is 1.04 bits per heavy atom. The number of benzene rings is 1. The first-order valence-electron chi connectivity index (χ1n) is 7.88. The van der Waals surface area contributed by atoms with Crippen LogP contribution in [0, 0.1) is 27.7 Å². The Bertz CT molecular complexity index is 934. The summed E-state index contributed by atoms with van der Waals surface area (Å²) in [6.07, 6.45) is 0. The number of anilines is 1. The van der Waals surface area contributed by atoms with Crippen molar-refractivity contribution in [2.75, 3.05) is 5.32 Å². The standard InChI is InChI=1S/C19H19N3OS2/c1-11-9-15(25-19-21-13(3)10-24-19)6-8-17(11)22-18(23)16-7-5-12(2)20-14(16)4/h5-10H,1-4H3,(H,22,23). The van der Waals surface area contributed by atoms with E-state index in [1.807, 2.05) is 57.3 Å². The van der Waals surface area contributed by atoms with Gasteiger partial charge in [-0.1, -0.05) is 11.8 Å². The lowest BCUT2D eigenvalue weighted by Crippen LogP contribution is -2.15. The number of hydrogen-bond acceptors (Lipinski definition) is 5. The highest BCUT2D eigenvalue weighted by atomic mass is 32.2. The first kappa shape index (κ1) is 17.6. The van der Waals surface area contributed by atoms with Crippen molar-refractivity contribution in [1.29, 1.82) is 0 Å². The third kappa shape index (κ3) is 4.27. The van der Waals surface area contributed by atoms with Crippen LogP contribution in [0.2, 0.25) is 0 Å². The van der Waals surface area contributed by atoms with Gasteiger partial charge in [0.2, 0.25) is 0 Å². The molecule has 0 saturated carbocycles. The third-order valence-corrected chi connectivity index (χ3v) is 5.76. The molecule has 3 aromatic rings. The summed E-state index contributed by atoms with van der Waals surface area (Å²) in [6.45, 7) is 7.75. The molecule has 0 fully saturated rings. The van der Waals surface area contributed by atoms with Crippen molar-refractivity contribution >= 4 is 34.7 Å². The van der Waals surface area contributed by atoms with E-state index in [0.29, 0.717) is 5.56 Å². The number of carbonyl (C=O) groups is 1. The molecule has 0 aliphatic rings. The molecule has 25 heavy (non-hydrogen) atoms. The van der Waals surface area contributed by atoms with Crippen LogP contribution in [0.3, 0.4) is 0 Å². The molecule has 4 nitrogen and oxygen atoms in total. The van der Waals surface area contributed by atoms with E-state index in [1.54, 1.807) is 23.1 Å². The van der Waals surface area contributed by atoms with Crippen LogP contribution in [0.5, 0.6) is 0 Å². The van der Waals surface area contributed by atoms with Gasteiger partial charge in [-0.05, 0) is 63.6 Å². The summed E-state index contributed by atoms with van der Waals surface area (Å²) in [4.78, 5) is 22.4. The molecule has 0 spiro atoms. The van der Waals surface area contributed by atoms with Crippen molar-refractivity contribution in [3.05, 3.63) is 63.9 Å². The molecule has 1 amide bonds. The Balaban J connectivity index is 1.75. The average Bonchev–Trinajstić information content (AvgIpc) is 2.95. The fourth-order valence-corrected chi connectivity index (χ4v) is 4.35. The summed E-state index contributed by atoms with van der Waals surface area (Å²) in [5, 5.41) is 5.02. The van der Waals surface area contributed by atoms with Gasteiger partial charge in [-0.15, -0.1) is 11.3 Å². The van der Waals surface area contributed by atoms with Crippen molar-refractivity contribution < 1.29 is 4.79 Å². The van der Waals surface area contributed by atoms with Gasteiger partial charge in [-0.3, -0.25) is 9.78 Å². The second-order valence-corrected chi connectivity index (χ2v) is 8.05. The number of aryl methyl sites for hydroxylation is 4. The average molecular weight is 370 g/mol. The molecule has 0 bridgehead atoms. The molecule has 2 aromatic heterocycles. The number of thiazole rings is 1. The van der Waals surface area contributed by atoms with E-state index in [1.165, 1.54) is 0 Å². The van der Waals surface area contributed by atoms with Crippen LogP contribution in [-0.4, -0.2) is 15.9 Å². The zero-order valence-electron chi connectivity index (χ0n) is 14.6. The minimum atomic E-state index is -0.135. The molecule has 128 valence electrons. The Labute approximate surface area is 155 Å². The summed E-state index contributed by atoms with van der Waals surface area (Å²) in [5.41, 5.74) is 5.11. The van der Waals surface area contributed by atoms with Gasteiger partial charge in [0.25, 0.3) is 5.91 Å². The van der Waals surface area contributed by atoms with E-state index in [0.717, 1.165) is 37.6 Å². The number of amides is 1. The van der Waals surface area contributed by atoms with E-state index < -0.39 is 0 Å². The van der Waals surface area contributed by atoms with Crippen molar-refractivity contribution in [3.63, 3.8) is 0 Å². The fraction of sp³-hybridized carbons (Fsp3) is 0.211. The van der Waals surface area contributed by atoms with E-state index in [9.17, 15) is 4.79 Å². The summed E-state index contributed by atoms with van der Waals surface area (Å²) in [5.74, 6) is -0.135. The second kappa shape index (κ2) is 7.37. The summed E-state index contributed by atoms with van der Waals surface area (Å²) in [7, 11) is 0. The number of nitrogens with zero attached hydrogens (tertiary/aromatic N) is 2. The van der Waals surface area contributed by atoms with Crippen molar-refractivity contribution in [3.8, 4) is 0 Å². The van der Waals surface area contributed by atoms with Crippen LogP contribution in [0.1, 0.15) is 33.0 Å². The van der Waals surface area contributed by atoms with E-state index >= 15 is 0 Å². The lowest BCUT2D eigenvalue weighted by molar-refractivity contribution is 0.102. The van der Waals surface area contributed by atoms with Crippen LogP contribution in [0.4, 0.5) is 5.69 Å². The third-order valence-electron chi connectivity index (χ3n) is 3.72. The molecule has 0 unspecified atom stereocenters. The van der Waals surface area contributed by atoms with E-state index in [2.05, 4.69) is 21.4 Å². The monoisotopic (exact) mass is 369 g/mol. The van der Waals surface area contributed by atoms with Crippen LogP contribution in [0.15, 0.2) is 44.9 Å². The van der Waals surface area contributed by atoms with Crippen molar-refractivity contribution in [1.82, 2.24) is 9.97 Å². The van der Waals surface area contributed by atoms with Gasteiger partial charge in [0.05, 0.1) is 11.3 Å². The minimum Gasteiger partial charge on any atom is -0.322 e. The number of rotatable bonds is 4. The molecule has 0 aliphatic carbocycles. The van der Waals surface area contributed by atoms with Crippen LogP contribution >= 0.6 is 23.1 Å². The predicted molar refractivity (Wildman–Crippen MR) is 104 cm³/mol. The molecule has 6 heteroatoms. The molecule has 0 saturated heterocycles. The Kier molecular flexibility index (Phi) is 5.20. The summed E-state index contributed by atoms with van der Waals surface area (Å²) >= 11 is 3.28. The van der Waals surface area contributed by atoms with Crippen molar-refractivity contribution in [2.45, 2.75) is 36.9 Å². The predicted octanol–water partition coefficient (Wildman–Crippen LogP) is 5.18. The maximum absolute atomic E-state index is 12.5. The Hall–Kier alpha value is -2.18. The normalized spacial score (nSPS) is 10.7. The SMILES string of the molecule is Cc1csc(Sc2ccc(NC(=O)c3ccc(C)nc3C)c(C)c2)n1. The molecule has 3 rings (SSSR count). The molecule has 0 atom stereocenters. The summed E-state index contributed by atoms with van der Waals surface area (Å²) < 4.78 is 1.02. The Morgan fingerprint density at radius 3 is 2.48 bits per heavy atom. The van der Waals surface area contributed by atoms with Crippen LogP contribution in [0.25, 0.3) is 0 Å². The van der Waals surface area contributed by atoms with Gasteiger partial charge >= 0.3 is 0 Å². The van der Waals surface area contributed by atoms with Crippen LogP contribution in [-0.2, 0) is 0 Å². The highest BCUT2D eigenvalue weighted by Crippen LogP contribution is 2.32. The highest BCUT2D eigenvalue weighted by Gasteiger charge is 2.12. The van der Waals surface area contributed by atoms with Gasteiger partial charge in [-0.2, -0.15) is 0 Å². The van der Waals surface area contributed by atoms with Crippen molar-refractivity contribution in [2.24, 2.45) is 0 Å². The molecule has 1 N–H and O–H groups in total. The molecular weight excluding hydrogens is 350 g/mol. The second-order valence-electron chi connectivity index (χ2n) is 5.87. The zero-order chi connectivity index (χ0) is 18.0. The first-order valence-corrected chi connectivity index (χ1v) is 9.58. The van der Waals surface area contributed by atoms with Gasteiger partial charge in [-0.25, -0.2) is 4.98 Å². The molecule has 2 heterocycles. The molecule has 1 aromatic carbocycles. The van der Waals surface area contributed by atoms with Crippen LogP contribution < -0.4 is 5.32 Å². The highest BCUT2D eigenvalue weighted by molar-refractivity contribution is 8.01. The maximum atomic E-state index is 12.5. The first-order chi connectivity index (χ1) is 11.9. The molecule has 0 radical (unpaired) electrons. The Morgan fingerprint density at radius 2 is 1.84 bits per heavy atom. The fourth-order valence-electron chi connectivity index (χ4n) is 2.44.